The lowest BCUT2D eigenvalue weighted by molar-refractivity contribution is -0.131. The van der Waals surface area contributed by atoms with E-state index in [-0.39, 0.29) is 0 Å². The van der Waals surface area contributed by atoms with Crippen molar-refractivity contribution in [2.45, 2.75) is 24.0 Å². The molecule has 1 aromatic heterocycles. The third kappa shape index (κ3) is 5.04. The van der Waals surface area contributed by atoms with Crippen LogP contribution in [0.4, 0.5) is 0 Å². The Morgan fingerprint density at radius 2 is 2.40 bits per heavy atom. The molecule has 0 saturated carbocycles. The van der Waals surface area contributed by atoms with Gasteiger partial charge >= 0.3 is 5.97 Å². The van der Waals surface area contributed by atoms with E-state index in [2.05, 4.69) is 6.92 Å². The van der Waals surface area contributed by atoms with Crippen LogP contribution in [0.2, 0.25) is 0 Å². The Hall–Kier alpha value is -0.740. The first-order valence-corrected chi connectivity index (χ1v) is 6.66. The molecule has 15 heavy (non-hydrogen) atoms. The van der Waals surface area contributed by atoms with Gasteiger partial charge in [0.2, 0.25) is 0 Å². The molecule has 1 heterocycles. The summed E-state index contributed by atoms with van der Waals surface area (Å²) in [4.78, 5) is 11.3. The van der Waals surface area contributed by atoms with Crippen LogP contribution in [-0.4, -0.2) is 16.8 Å². The Morgan fingerprint density at radius 1 is 1.60 bits per heavy atom. The van der Waals surface area contributed by atoms with Crippen LogP contribution in [0.1, 0.15) is 24.6 Å². The summed E-state index contributed by atoms with van der Waals surface area (Å²) in [5.41, 5.74) is 0. The van der Waals surface area contributed by atoms with Crippen molar-refractivity contribution in [1.82, 2.24) is 0 Å². The monoisotopic (exact) mass is 242 g/mol. The Kier molecular flexibility index (Phi) is 5.50. The minimum Gasteiger partial charge on any atom is -0.478 e. The number of carboxylic acid groups (broad SMARTS) is 1. The molecule has 1 N–H and O–H groups in total. The largest absolute Gasteiger partial charge is 0.478 e. The highest BCUT2D eigenvalue weighted by Crippen LogP contribution is 2.28. The Labute approximate surface area is 98.0 Å². The molecule has 0 bridgehead atoms. The summed E-state index contributed by atoms with van der Waals surface area (Å²) in [5.74, 6) is 0.239. The number of carbonyl (C=O) groups is 1. The highest BCUT2D eigenvalue weighted by molar-refractivity contribution is 8.01. The van der Waals surface area contributed by atoms with Crippen molar-refractivity contribution in [1.29, 1.82) is 0 Å². The molecule has 0 aliphatic rings. The van der Waals surface area contributed by atoms with Gasteiger partial charge in [-0.15, -0.1) is 23.1 Å². The number of thioether (sulfide) groups is 1. The average molecular weight is 242 g/mol. The van der Waals surface area contributed by atoms with E-state index in [1.165, 1.54) is 23.1 Å². The summed E-state index contributed by atoms with van der Waals surface area (Å²) >= 11 is 3.48. The molecule has 0 aliphatic carbocycles. The van der Waals surface area contributed by atoms with E-state index in [0.29, 0.717) is 0 Å². The van der Waals surface area contributed by atoms with Crippen LogP contribution in [0.25, 0.3) is 6.08 Å². The molecule has 0 unspecified atom stereocenters. The van der Waals surface area contributed by atoms with Crippen LogP contribution < -0.4 is 0 Å². The predicted octanol–water partition coefficient (Wildman–Crippen LogP) is 3.74. The number of rotatable bonds is 6. The van der Waals surface area contributed by atoms with Crippen molar-refractivity contribution < 1.29 is 9.90 Å². The van der Waals surface area contributed by atoms with Crippen molar-refractivity contribution in [2.24, 2.45) is 0 Å². The first-order valence-electron chi connectivity index (χ1n) is 4.86. The maximum absolute atomic E-state index is 10.3. The first kappa shape index (κ1) is 12.3. The van der Waals surface area contributed by atoms with Gasteiger partial charge in [-0.2, -0.15) is 0 Å². The van der Waals surface area contributed by atoms with E-state index in [0.717, 1.165) is 10.6 Å². The molecule has 2 nitrogen and oxygen atoms in total. The van der Waals surface area contributed by atoms with E-state index in [4.69, 9.17) is 5.11 Å². The van der Waals surface area contributed by atoms with Crippen LogP contribution in [0.5, 0.6) is 0 Å². The van der Waals surface area contributed by atoms with Crippen LogP contribution >= 0.6 is 23.1 Å². The van der Waals surface area contributed by atoms with Gasteiger partial charge in [0, 0.05) is 11.0 Å². The molecule has 0 aromatic carbocycles. The van der Waals surface area contributed by atoms with Crippen molar-refractivity contribution in [3.63, 3.8) is 0 Å². The molecule has 0 amide bonds. The van der Waals surface area contributed by atoms with Gasteiger partial charge in [-0.05, 0) is 30.4 Å². The van der Waals surface area contributed by atoms with Crippen LogP contribution in [-0.2, 0) is 4.79 Å². The second-order valence-electron chi connectivity index (χ2n) is 3.03. The maximum Gasteiger partial charge on any atom is 0.328 e. The summed E-state index contributed by atoms with van der Waals surface area (Å²) in [7, 11) is 0. The quantitative estimate of drug-likeness (QED) is 0.469. The SMILES string of the molecule is CCCCSc1ccc(/C=C/C(=O)O)s1. The summed E-state index contributed by atoms with van der Waals surface area (Å²) < 4.78 is 1.26. The predicted molar refractivity (Wildman–Crippen MR) is 66.6 cm³/mol. The lowest BCUT2D eigenvalue weighted by atomic mass is 10.4. The topological polar surface area (TPSA) is 37.3 Å². The Balaban J connectivity index is 2.45. The van der Waals surface area contributed by atoms with E-state index in [1.807, 2.05) is 23.9 Å². The summed E-state index contributed by atoms with van der Waals surface area (Å²) in [6.45, 7) is 2.18. The molecule has 0 radical (unpaired) electrons. The number of thiophene rings is 1. The third-order valence-electron chi connectivity index (χ3n) is 1.73. The van der Waals surface area contributed by atoms with Gasteiger partial charge < -0.3 is 5.11 Å². The van der Waals surface area contributed by atoms with E-state index >= 15 is 0 Å². The standard InChI is InChI=1S/C11H14O2S2/c1-2-3-8-14-11-7-5-9(15-11)4-6-10(12)13/h4-7H,2-3,8H2,1H3,(H,12,13)/b6-4+. The second kappa shape index (κ2) is 6.69. The van der Waals surface area contributed by atoms with Crippen molar-refractivity contribution in [3.8, 4) is 0 Å². The fourth-order valence-corrected chi connectivity index (χ4v) is 3.19. The zero-order chi connectivity index (χ0) is 11.1. The second-order valence-corrected chi connectivity index (χ2v) is 5.54. The average Bonchev–Trinajstić information content (AvgIpc) is 2.63. The molecule has 0 fully saturated rings. The summed E-state index contributed by atoms with van der Waals surface area (Å²) in [6.07, 6.45) is 5.25. The fraction of sp³-hybridized carbons (Fsp3) is 0.364. The zero-order valence-corrected chi connectivity index (χ0v) is 10.2. The summed E-state index contributed by atoms with van der Waals surface area (Å²) in [6, 6.07) is 4.00. The fourth-order valence-electron chi connectivity index (χ4n) is 0.972. The van der Waals surface area contributed by atoms with Crippen molar-refractivity contribution >= 4 is 35.1 Å². The number of hydrogen-bond donors (Lipinski definition) is 1. The number of unbranched alkanes of at least 4 members (excludes halogenated alkanes) is 1. The molecule has 0 saturated heterocycles. The van der Waals surface area contributed by atoms with Gasteiger partial charge in [0.1, 0.15) is 0 Å². The first-order chi connectivity index (χ1) is 7.22. The van der Waals surface area contributed by atoms with Gasteiger partial charge in [-0.1, -0.05) is 13.3 Å². The third-order valence-corrected chi connectivity index (χ3v) is 4.10. The van der Waals surface area contributed by atoms with Gasteiger partial charge in [0.05, 0.1) is 4.21 Å². The molecule has 1 aromatic rings. The minimum atomic E-state index is -0.899. The highest BCUT2D eigenvalue weighted by Gasteiger charge is 1.98. The molecule has 0 atom stereocenters. The van der Waals surface area contributed by atoms with Gasteiger partial charge in [0.25, 0.3) is 0 Å². The van der Waals surface area contributed by atoms with Crippen molar-refractivity contribution in [2.75, 3.05) is 5.75 Å². The van der Waals surface area contributed by atoms with Gasteiger partial charge in [0.15, 0.2) is 0 Å². The zero-order valence-electron chi connectivity index (χ0n) is 8.60. The van der Waals surface area contributed by atoms with Crippen molar-refractivity contribution in [3.05, 3.63) is 23.1 Å². The molecular weight excluding hydrogens is 228 g/mol. The smallest absolute Gasteiger partial charge is 0.328 e. The molecular formula is C11H14O2S2. The number of aliphatic carboxylic acids is 1. The normalized spacial score (nSPS) is 11.0. The van der Waals surface area contributed by atoms with Crippen LogP contribution in [0, 0.1) is 0 Å². The highest BCUT2D eigenvalue weighted by atomic mass is 32.2. The molecule has 0 aliphatic heterocycles. The van der Waals surface area contributed by atoms with Gasteiger partial charge in [-0.3, -0.25) is 0 Å². The molecule has 82 valence electrons. The van der Waals surface area contributed by atoms with Gasteiger partial charge in [-0.25, -0.2) is 4.79 Å². The molecule has 4 heteroatoms. The van der Waals surface area contributed by atoms with Crippen LogP contribution in [0.3, 0.4) is 0 Å². The minimum absolute atomic E-state index is 0.899. The summed E-state index contributed by atoms with van der Waals surface area (Å²) in [5, 5.41) is 8.47. The van der Waals surface area contributed by atoms with Crippen LogP contribution in [0.15, 0.2) is 22.4 Å². The number of carboxylic acids is 1. The van der Waals surface area contributed by atoms with E-state index in [9.17, 15) is 4.79 Å². The number of hydrogen-bond acceptors (Lipinski definition) is 3. The molecule has 1 rings (SSSR count). The van der Waals surface area contributed by atoms with E-state index < -0.39 is 5.97 Å². The molecule has 0 spiro atoms. The Morgan fingerprint density at radius 3 is 3.07 bits per heavy atom. The lowest BCUT2D eigenvalue weighted by Gasteiger charge is -1.94. The van der Waals surface area contributed by atoms with E-state index in [1.54, 1.807) is 17.4 Å². The Bertz CT molecular complexity index is 342. The maximum atomic E-state index is 10.3. The lowest BCUT2D eigenvalue weighted by Crippen LogP contribution is -1.84.